The number of fused-ring (bicyclic) bond motifs is 1. The van der Waals surface area contributed by atoms with Gasteiger partial charge in [0.15, 0.2) is 11.8 Å². The van der Waals surface area contributed by atoms with Crippen molar-refractivity contribution in [2.45, 2.75) is 32.5 Å². The standard InChI is InChI=1S/C15H19FN6/c1-17-15(18-9-11-4-6-12(16)7-5-11)19-10-14-21-20-13-3-2-8-22(13)14/h4-7H,2-3,8-10H2,1H3,(H2,17,18,19). The maximum Gasteiger partial charge on any atom is 0.191 e. The zero-order chi connectivity index (χ0) is 15.4. The molecule has 3 rings (SSSR count). The van der Waals surface area contributed by atoms with Gasteiger partial charge in [-0.2, -0.15) is 0 Å². The second-order valence-corrected chi connectivity index (χ2v) is 5.19. The van der Waals surface area contributed by atoms with Crippen molar-refractivity contribution < 1.29 is 4.39 Å². The van der Waals surface area contributed by atoms with Crippen LogP contribution in [-0.2, 0) is 26.1 Å². The number of benzene rings is 1. The number of guanidine groups is 1. The first-order valence-corrected chi connectivity index (χ1v) is 7.36. The monoisotopic (exact) mass is 302 g/mol. The Morgan fingerprint density at radius 1 is 1.23 bits per heavy atom. The lowest BCUT2D eigenvalue weighted by atomic mass is 10.2. The Morgan fingerprint density at radius 3 is 2.77 bits per heavy atom. The first kappa shape index (κ1) is 14.5. The third-order valence-electron chi connectivity index (χ3n) is 3.70. The molecule has 116 valence electrons. The second kappa shape index (κ2) is 6.55. The Kier molecular flexibility index (Phi) is 4.32. The smallest absolute Gasteiger partial charge is 0.191 e. The number of rotatable bonds is 4. The lowest BCUT2D eigenvalue weighted by molar-refractivity contribution is 0.626. The van der Waals surface area contributed by atoms with Gasteiger partial charge in [0.2, 0.25) is 0 Å². The molecular weight excluding hydrogens is 283 g/mol. The minimum atomic E-state index is -0.230. The summed E-state index contributed by atoms with van der Waals surface area (Å²) in [6.07, 6.45) is 2.14. The summed E-state index contributed by atoms with van der Waals surface area (Å²) in [6, 6.07) is 6.40. The van der Waals surface area contributed by atoms with Gasteiger partial charge in [-0.3, -0.25) is 4.99 Å². The number of hydrogen-bond acceptors (Lipinski definition) is 3. The summed E-state index contributed by atoms with van der Waals surface area (Å²) < 4.78 is 15.0. The van der Waals surface area contributed by atoms with E-state index in [1.54, 1.807) is 19.2 Å². The molecule has 1 aromatic carbocycles. The van der Waals surface area contributed by atoms with Crippen LogP contribution in [0.5, 0.6) is 0 Å². The highest BCUT2D eigenvalue weighted by molar-refractivity contribution is 5.79. The van der Waals surface area contributed by atoms with Gasteiger partial charge in [0.05, 0.1) is 6.54 Å². The van der Waals surface area contributed by atoms with Crippen LogP contribution in [0, 0.1) is 5.82 Å². The van der Waals surface area contributed by atoms with E-state index in [-0.39, 0.29) is 5.82 Å². The SMILES string of the molecule is CN=C(NCc1ccc(F)cc1)NCc1nnc2n1CCC2. The van der Waals surface area contributed by atoms with Crippen LogP contribution in [0.25, 0.3) is 0 Å². The Labute approximate surface area is 128 Å². The van der Waals surface area contributed by atoms with Crippen molar-refractivity contribution in [2.24, 2.45) is 4.99 Å². The van der Waals surface area contributed by atoms with E-state index in [0.29, 0.717) is 19.0 Å². The van der Waals surface area contributed by atoms with Crippen LogP contribution in [0.4, 0.5) is 4.39 Å². The molecule has 0 amide bonds. The number of aromatic nitrogens is 3. The van der Waals surface area contributed by atoms with Crippen molar-refractivity contribution in [2.75, 3.05) is 7.05 Å². The predicted octanol–water partition coefficient (Wildman–Crippen LogP) is 1.23. The van der Waals surface area contributed by atoms with Crippen LogP contribution in [0.15, 0.2) is 29.3 Å². The molecule has 1 aliphatic heterocycles. The van der Waals surface area contributed by atoms with Crippen LogP contribution in [-0.4, -0.2) is 27.8 Å². The third-order valence-corrected chi connectivity index (χ3v) is 3.70. The average molecular weight is 302 g/mol. The molecule has 0 aliphatic carbocycles. The van der Waals surface area contributed by atoms with E-state index >= 15 is 0 Å². The highest BCUT2D eigenvalue weighted by Crippen LogP contribution is 2.13. The van der Waals surface area contributed by atoms with Gasteiger partial charge < -0.3 is 15.2 Å². The van der Waals surface area contributed by atoms with Gasteiger partial charge in [-0.15, -0.1) is 10.2 Å². The zero-order valence-corrected chi connectivity index (χ0v) is 12.5. The van der Waals surface area contributed by atoms with Gasteiger partial charge in [-0.1, -0.05) is 12.1 Å². The second-order valence-electron chi connectivity index (χ2n) is 5.19. The molecule has 0 fully saturated rings. The van der Waals surface area contributed by atoms with Crippen LogP contribution in [0.1, 0.15) is 23.6 Å². The number of aliphatic imine (C=N–C) groups is 1. The summed E-state index contributed by atoms with van der Waals surface area (Å²) in [7, 11) is 1.72. The number of nitrogens with one attached hydrogen (secondary N) is 2. The Hall–Kier alpha value is -2.44. The molecular formula is C15H19FN6. The molecule has 22 heavy (non-hydrogen) atoms. The van der Waals surface area contributed by atoms with Gasteiger partial charge in [0.25, 0.3) is 0 Å². The van der Waals surface area contributed by atoms with E-state index in [0.717, 1.165) is 36.6 Å². The molecule has 1 aliphatic rings. The Morgan fingerprint density at radius 2 is 2.00 bits per heavy atom. The summed E-state index contributed by atoms with van der Waals surface area (Å²) in [6.45, 7) is 2.15. The summed E-state index contributed by atoms with van der Waals surface area (Å²) in [4.78, 5) is 4.18. The van der Waals surface area contributed by atoms with Crippen molar-refractivity contribution in [3.05, 3.63) is 47.3 Å². The normalized spacial score (nSPS) is 14.0. The molecule has 0 atom stereocenters. The fourth-order valence-corrected chi connectivity index (χ4v) is 2.51. The van der Waals surface area contributed by atoms with Crippen LogP contribution < -0.4 is 10.6 Å². The number of hydrogen-bond donors (Lipinski definition) is 2. The molecule has 0 radical (unpaired) electrons. The van der Waals surface area contributed by atoms with Crippen molar-refractivity contribution in [1.29, 1.82) is 0 Å². The first-order chi connectivity index (χ1) is 10.8. The first-order valence-electron chi connectivity index (χ1n) is 7.36. The predicted molar refractivity (Wildman–Crippen MR) is 81.8 cm³/mol. The third kappa shape index (κ3) is 3.24. The van der Waals surface area contributed by atoms with Gasteiger partial charge in [-0.05, 0) is 24.1 Å². The van der Waals surface area contributed by atoms with E-state index in [9.17, 15) is 4.39 Å². The van der Waals surface area contributed by atoms with E-state index in [2.05, 4.69) is 30.4 Å². The van der Waals surface area contributed by atoms with Crippen molar-refractivity contribution in [3.8, 4) is 0 Å². The number of halogens is 1. The molecule has 0 saturated heterocycles. The number of aryl methyl sites for hydroxylation is 1. The maximum atomic E-state index is 12.9. The molecule has 1 aromatic heterocycles. The highest BCUT2D eigenvalue weighted by Gasteiger charge is 2.16. The van der Waals surface area contributed by atoms with Crippen molar-refractivity contribution >= 4 is 5.96 Å². The van der Waals surface area contributed by atoms with Crippen LogP contribution in [0.3, 0.4) is 0 Å². The van der Waals surface area contributed by atoms with Gasteiger partial charge in [-0.25, -0.2) is 4.39 Å². The summed E-state index contributed by atoms with van der Waals surface area (Å²) in [5.74, 6) is 2.44. The Balaban J connectivity index is 1.53. The van der Waals surface area contributed by atoms with Crippen molar-refractivity contribution in [3.63, 3.8) is 0 Å². The summed E-state index contributed by atoms with van der Waals surface area (Å²) in [5.41, 5.74) is 0.993. The Bertz CT molecular complexity index is 661. The lowest BCUT2D eigenvalue weighted by Crippen LogP contribution is -2.37. The largest absolute Gasteiger partial charge is 0.352 e. The molecule has 7 heteroatoms. The minimum Gasteiger partial charge on any atom is -0.352 e. The lowest BCUT2D eigenvalue weighted by Gasteiger charge is -2.12. The van der Waals surface area contributed by atoms with Gasteiger partial charge >= 0.3 is 0 Å². The number of nitrogens with zero attached hydrogens (tertiary/aromatic N) is 4. The van der Waals surface area contributed by atoms with Crippen molar-refractivity contribution in [1.82, 2.24) is 25.4 Å². The maximum absolute atomic E-state index is 12.9. The summed E-state index contributed by atoms with van der Waals surface area (Å²) in [5, 5.41) is 14.8. The summed E-state index contributed by atoms with van der Waals surface area (Å²) >= 11 is 0. The average Bonchev–Trinajstić information content (AvgIpc) is 3.13. The van der Waals surface area contributed by atoms with E-state index < -0.39 is 0 Å². The van der Waals surface area contributed by atoms with Gasteiger partial charge in [0.1, 0.15) is 11.6 Å². The molecule has 2 N–H and O–H groups in total. The molecule has 0 bridgehead atoms. The highest BCUT2D eigenvalue weighted by atomic mass is 19.1. The van der Waals surface area contributed by atoms with Crippen LogP contribution >= 0.6 is 0 Å². The fourth-order valence-electron chi connectivity index (χ4n) is 2.51. The van der Waals surface area contributed by atoms with Gasteiger partial charge in [0, 0.05) is 26.6 Å². The molecule has 0 saturated carbocycles. The fraction of sp³-hybridized carbons (Fsp3) is 0.400. The molecule has 6 nitrogen and oxygen atoms in total. The molecule has 0 unspecified atom stereocenters. The quantitative estimate of drug-likeness (QED) is 0.658. The van der Waals surface area contributed by atoms with E-state index in [1.807, 2.05) is 0 Å². The molecule has 0 spiro atoms. The minimum absolute atomic E-state index is 0.230. The van der Waals surface area contributed by atoms with Crippen LogP contribution in [0.2, 0.25) is 0 Å². The van der Waals surface area contributed by atoms with E-state index in [4.69, 9.17) is 0 Å². The van der Waals surface area contributed by atoms with E-state index in [1.165, 1.54) is 12.1 Å². The topological polar surface area (TPSA) is 67.1 Å². The molecule has 2 heterocycles. The zero-order valence-electron chi connectivity index (χ0n) is 12.5. The molecule has 2 aromatic rings.